The van der Waals surface area contributed by atoms with Gasteiger partial charge in [-0.05, 0) is 13.3 Å². The van der Waals surface area contributed by atoms with E-state index in [0.29, 0.717) is 6.42 Å². The van der Waals surface area contributed by atoms with E-state index in [1.807, 2.05) is 4.98 Å². The Morgan fingerprint density at radius 3 is 2.69 bits per heavy atom. The van der Waals surface area contributed by atoms with Crippen LogP contribution in [0.3, 0.4) is 0 Å². The molecule has 2 heterocycles. The molecule has 1 unspecified atom stereocenters. The van der Waals surface area contributed by atoms with Crippen LogP contribution in [-0.2, 0) is 19.1 Å². The van der Waals surface area contributed by atoms with Crippen LogP contribution in [0.2, 0.25) is 0 Å². The molecule has 1 aromatic heterocycles. The lowest BCUT2D eigenvalue weighted by Crippen LogP contribution is -2.42. The first kappa shape index (κ1) is 19.8. The average molecular weight is 371 g/mol. The molecule has 0 radical (unpaired) electrons. The van der Waals surface area contributed by atoms with Crippen molar-refractivity contribution in [3.8, 4) is 0 Å². The van der Waals surface area contributed by atoms with Gasteiger partial charge < -0.3 is 14.8 Å². The Balaban J connectivity index is 2.20. The summed E-state index contributed by atoms with van der Waals surface area (Å²) in [6.45, 7) is 3.31. The Bertz CT molecular complexity index is 791. The molecule has 1 aromatic rings. The van der Waals surface area contributed by atoms with Crippen molar-refractivity contribution in [2.75, 3.05) is 7.05 Å². The van der Waals surface area contributed by atoms with E-state index in [1.165, 1.54) is 7.05 Å². The van der Waals surface area contributed by atoms with Gasteiger partial charge in [0.25, 0.3) is 5.56 Å². The topological polar surface area (TPSA) is 119 Å². The minimum Gasteiger partial charge on any atom is -0.456 e. The predicted molar refractivity (Wildman–Crippen MR) is 88.2 cm³/mol. The summed E-state index contributed by atoms with van der Waals surface area (Å²) in [5.41, 5.74) is -2.60. The molecular formula is C16H22FN3O6. The third kappa shape index (κ3) is 4.01. The van der Waals surface area contributed by atoms with Gasteiger partial charge in [-0.1, -0.05) is 6.92 Å². The zero-order valence-electron chi connectivity index (χ0n) is 14.8. The quantitative estimate of drug-likeness (QED) is 0.680. The zero-order valence-corrected chi connectivity index (χ0v) is 14.8. The summed E-state index contributed by atoms with van der Waals surface area (Å²) in [7, 11) is 1.44. The number of ether oxygens (including phenoxy) is 2. The van der Waals surface area contributed by atoms with Crippen molar-refractivity contribution in [2.24, 2.45) is 0 Å². The van der Waals surface area contributed by atoms with E-state index in [1.54, 1.807) is 13.8 Å². The van der Waals surface area contributed by atoms with Gasteiger partial charge in [0.1, 0.15) is 5.60 Å². The fourth-order valence-electron chi connectivity index (χ4n) is 2.75. The number of esters is 1. The van der Waals surface area contributed by atoms with Crippen LogP contribution in [0, 0.1) is 0 Å². The molecule has 1 fully saturated rings. The van der Waals surface area contributed by atoms with Crippen LogP contribution in [0.4, 0.5) is 4.39 Å². The molecule has 0 aromatic carbocycles. The molecular weight excluding hydrogens is 349 g/mol. The molecule has 10 heteroatoms. The number of hydrogen-bond acceptors (Lipinski definition) is 6. The highest BCUT2D eigenvalue weighted by atomic mass is 19.1. The third-order valence-corrected chi connectivity index (χ3v) is 4.47. The number of halogens is 1. The van der Waals surface area contributed by atoms with Crippen LogP contribution >= 0.6 is 0 Å². The first-order chi connectivity index (χ1) is 12.2. The van der Waals surface area contributed by atoms with Gasteiger partial charge in [-0.15, -0.1) is 0 Å². The monoisotopic (exact) mass is 371 g/mol. The van der Waals surface area contributed by atoms with E-state index in [9.17, 15) is 23.6 Å². The maximum Gasteiger partial charge on any atom is 0.330 e. The molecule has 0 spiro atoms. The molecule has 1 aliphatic heterocycles. The number of H-pyrrole nitrogens is 1. The molecule has 144 valence electrons. The normalized spacial score (nSPS) is 27.9. The van der Waals surface area contributed by atoms with Gasteiger partial charge in [0.15, 0.2) is 18.5 Å². The molecule has 2 N–H and O–H groups in total. The zero-order chi connectivity index (χ0) is 19.5. The fraction of sp³-hybridized carbons (Fsp3) is 0.625. The highest BCUT2D eigenvalue weighted by Crippen LogP contribution is 2.42. The average Bonchev–Trinajstić information content (AvgIpc) is 2.85. The van der Waals surface area contributed by atoms with E-state index in [2.05, 4.69) is 5.32 Å². The summed E-state index contributed by atoms with van der Waals surface area (Å²) >= 11 is 0. The number of carbonyl (C=O) groups excluding carboxylic acids is 2. The molecule has 0 bridgehead atoms. The summed E-state index contributed by atoms with van der Waals surface area (Å²) in [6.07, 6.45) is -3.26. The summed E-state index contributed by atoms with van der Waals surface area (Å²) in [4.78, 5) is 48.3. The first-order valence-electron chi connectivity index (χ1n) is 8.25. The second kappa shape index (κ2) is 7.81. The molecule has 1 amide bonds. The number of nitrogens with zero attached hydrogens (tertiary/aromatic N) is 1. The second-order valence-electron chi connectivity index (χ2n) is 6.22. The molecule has 26 heavy (non-hydrogen) atoms. The van der Waals surface area contributed by atoms with E-state index < -0.39 is 41.3 Å². The highest BCUT2D eigenvalue weighted by molar-refractivity contribution is 5.81. The SMILES string of the molecule is CC[C@@]1(C)O[C@@H](n2ccc(=O)[nH]c2=O)[C@@H](F)C1OC(=O)CCC(=O)NC. The molecule has 1 aliphatic rings. The molecule has 1 saturated heterocycles. The molecule has 9 nitrogen and oxygen atoms in total. The fourth-order valence-corrected chi connectivity index (χ4v) is 2.75. The third-order valence-electron chi connectivity index (χ3n) is 4.47. The minimum absolute atomic E-state index is 0.0779. The summed E-state index contributed by atoms with van der Waals surface area (Å²) < 4.78 is 26.8. The van der Waals surface area contributed by atoms with Crippen LogP contribution < -0.4 is 16.6 Å². The lowest BCUT2D eigenvalue weighted by molar-refractivity contribution is -0.162. The number of carbonyl (C=O) groups is 2. The maximum atomic E-state index is 15.0. The smallest absolute Gasteiger partial charge is 0.330 e. The number of hydrogen-bond donors (Lipinski definition) is 2. The van der Waals surface area contributed by atoms with Crippen molar-refractivity contribution >= 4 is 11.9 Å². The van der Waals surface area contributed by atoms with Crippen molar-refractivity contribution in [3.05, 3.63) is 33.1 Å². The standard InChI is InChI=1S/C16H22FN3O6/c1-4-16(2)13(25-11(23)6-5-9(21)18-3)12(17)14(26-16)20-8-7-10(22)19-15(20)24/h7-8,12-14H,4-6H2,1-3H3,(H,18,21)(H,19,22,24)/t12-,13?,14+,16+/m0/s1. The van der Waals surface area contributed by atoms with Crippen LogP contribution in [0.25, 0.3) is 0 Å². The Kier molecular flexibility index (Phi) is 5.96. The van der Waals surface area contributed by atoms with Crippen molar-refractivity contribution < 1.29 is 23.5 Å². The van der Waals surface area contributed by atoms with Crippen molar-refractivity contribution in [1.82, 2.24) is 14.9 Å². The maximum absolute atomic E-state index is 15.0. The lowest BCUT2D eigenvalue weighted by Gasteiger charge is -2.28. The van der Waals surface area contributed by atoms with E-state index in [4.69, 9.17) is 9.47 Å². The molecule has 0 saturated carbocycles. The lowest BCUT2D eigenvalue weighted by atomic mass is 9.95. The predicted octanol–water partition coefficient (Wildman–Crippen LogP) is 0.0102. The summed E-state index contributed by atoms with van der Waals surface area (Å²) in [5.74, 6) is -1.07. The van der Waals surface area contributed by atoms with Gasteiger partial charge in [0.05, 0.1) is 6.42 Å². The van der Waals surface area contributed by atoms with Crippen molar-refractivity contribution in [1.29, 1.82) is 0 Å². The van der Waals surface area contributed by atoms with E-state index in [0.717, 1.165) is 16.8 Å². The van der Waals surface area contributed by atoms with Gasteiger partial charge in [-0.3, -0.25) is 23.9 Å². The number of rotatable bonds is 6. The van der Waals surface area contributed by atoms with Crippen LogP contribution in [0.15, 0.2) is 21.9 Å². The largest absolute Gasteiger partial charge is 0.456 e. The Labute approximate surface area is 148 Å². The van der Waals surface area contributed by atoms with Gasteiger partial charge in [-0.25, -0.2) is 9.18 Å². The van der Waals surface area contributed by atoms with Crippen LogP contribution in [-0.4, -0.2) is 46.4 Å². The number of aromatic amines is 1. The van der Waals surface area contributed by atoms with Gasteiger partial charge in [0, 0.05) is 25.7 Å². The molecule has 0 aliphatic carbocycles. The summed E-state index contributed by atoms with van der Waals surface area (Å²) in [6, 6.07) is 1.07. The van der Waals surface area contributed by atoms with Crippen LogP contribution in [0.5, 0.6) is 0 Å². The number of aromatic nitrogens is 2. The van der Waals surface area contributed by atoms with E-state index in [-0.39, 0.29) is 18.7 Å². The highest BCUT2D eigenvalue weighted by Gasteiger charge is 2.55. The Morgan fingerprint density at radius 1 is 1.42 bits per heavy atom. The molecule has 2 rings (SSSR count). The van der Waals surface area contributed by atoms with Gasteiger partial charge in [0.2, 0.25) is 5.91 Å². The van der Waals surface area contributed by atoms with Crippen molar-refractivity contribution in [2.45, 2.75) is 57.2 Å². The van der Waals surface area contributed by atoms with Crippen molar-refractivity contribution in [3.63, 3.8) is 0 Å². The van der Waals surface area contributed by atoms with E-state index >= 15 is 0 Å². The van der Waals surface area contributed by atoms with Gasteiger partial charge >= 0.3 is 11.7 Å². The van der Waals surface area contributed by atoms with Gasteiger partial charge in [-0.2, -0.15) is 0 Å². The number of alkyl halides is 1. The number of amides is 1. The molecule has 4 atom stereocenters. The Morgan fingerprint density at radius 2 is 2.12 bits per heavy atom. The minimum atomic E-state index is -1.83. The Hall–Kier alpha value is -2.49. The second-order valence-corrected chi connectivity index (χ2v) is 6.22. The first-order valence-corrected chi connectivity index (χ1v) is 8.25. The van der Waals surface area contributed by atoms with Crippen LogP contribution in [0.1, 0.15) is 39.3 Å². The number of nitrogens with one attached hydrogen (secondary N) is 2. The summed E-state index contributed by atoms with van der Waals surface area (Å²) in [5, 5.41) is 2.38.